The minimum atomic E-state index is -0.0879. The lowest BCUT2D eigenvalue weighted by Crippen LogP contribution is -2.16. The Bertz CT molecular complexity index is 334. The number of hydrogen-bond acceptors (Lipinski definition) is 3. The summed E-state index contributed by atoms with van der Waals surface area (Å²) in [7, 11) is 0. The van der Waals surface area contributed by atoms with Crippen LogP contribution in [0.4, 0.5) is 0 Å². The van der Waals surface area contributed by atoms with Crippen molar-refractivity contribution in [2.45, 2.75) is 26.7 Å². The van der Waals surface area contributed by atoms with Gasteiger partial charge in [0.1, 0.15) is 0 Å². The van der Waals surface area contributed by atoms with Gasteiger partial charge in [-0.15, -0.1) is 0 Å². The van der Waals surface area contributed by atoms with Crippen molar-refractivity contribution in [1.29, 1.82) is 0 Å². The Balaban J connectivity index is 2.86. The van der Waals surface area contributed by atoms with E-state index < -0.39 is 0 Å². The molecule has 0 unspecified atom stereocenters. The van der Waals surface area contributed by atoms with Crippen molar-refractivity contribution in [1.82, 2.24) is 0 Å². The van der Waals surface area contributed by atoms with Crippen molar-refractivity contribution in [3.05, 3.63) is 22.8 Å². The summed E-state index contributed by atoms with van der Waals surface area (Å²) in [5.41, 5.74) is 1.58. The monoisotopic (exact) mass is 194 g/mol. The number of allylic oxidation sites excluding steroid dienone is 4. The van der Waals surface area contributed by atoms with Crippen LogP contribution in [-0.2, 0) is 9.59 Å². The molecule has 0 spiro atoms. The maximum Gasteiger partial charge on any atom is 0.185 e. The number of carbonyl (C=O) groups is 2. The molecule has 0 amide bonds. The van der Waals surface area contributed by atoms with Crippen LogP contribution in [0.25, 0.3) is 0 Å². The first-order valence-electron chi connectivity index (χ1n) is 4.66. The number of rotatable bonds is 3. The van der Waals surface area contributed by atoms with Crippen LogP contribution in [0, 0.1) is 0 Å². The van der Waals surface area contributed by atoms with Crippen LogP contribution >= 0.6 is 0 Å². The average Bonchev–Trinajstić information content (AvgIpc) is 2.18. The third kappa shape index (κ3) is 1.99. The molecule has 1 N–H and O–H groups in total. The molecule has 76 valence electrons. The van der Waals surface area contributed by atoms with E-state index in [4.69, 9.17) is 5.11 Å². The third-order valence-corrected chi connectivity index (χ3v) is 2.47. The summed E-state index contributed by atoms with van der Waals surface area (Å²) >= 11 is 0. The Morgan fingerprint density at radius 2 is 1.86 bits per heavy atom. The molecule has 0 radical (unpaired) electrons. The summed E-state index contributed by atoms with van der Waals surface area (Å²) in [5, 5.41) is 8.63. The number of Topliss-reactive ketones (excluding diaryl/α,β-unsaturated/α-hetero) is 1. The van der Waals surface area contributed by atoms with E-state index in [1.54, 1.807) is 13.8 Å². The maximum atomic E-state index is 11.6. The zero-order valence-corrected chi connectivity index (χ0v) is 8.46. The second-order valence-corrected chi connectivity index (χ2v) is 3.44. The van der Waals surface area contributed by atoms with Gasteiger partial charge in [-0.3, -0.25) is 9.59 Å². The van der Waals surface area contributed by atoms with E-state index in [0.29, 0.717) is 29.6 Å². The second-order valence-electron chi connectivity index (χ2n) is 3.44. The lowest BCUT2D eigenvalue weighted by atomic mass is 9.89. The van der Waals surface area contributed by atoms with Crippen molar-refractivity contribution >= 4 is 11.6 Å². The van der Waals surface area contributed by atoms with Gasteiger partial charge in [-0.1, -0.05) is 0 Å². The molecule has 1 aliphatic carbocycles. The van der Waals surface area contributed by atoms with Crippen LogP contribution < -0.4 is 0 Å². The molecule has 0 aromatic rings. The first-order valence-corrected chi connectivity index (χ1v) is 4.66. The van der Waals surface area contributed by atoms with Gasteiger partial charge in [0.05, 0.1) is 0 Å². The highest BCUT2D eigenvalue weighted by Crippen LogP contribution is 2.21. The zero-order chi connectivity index (χ0) is 10.7. The number of hydrogen-bond donors (Lipinski definition) is 1. The average molecular weight is 194 g/mol. The van der Waals surface area contributed by atoms with Gasteiger partial charge in [0.15, 0.2) is 11.6 Å². The molecule has 1 aliphatic rings. The molecular weight excluding hydrogens is 180 g/mol. The molecule has 1 rings (SSSR count). The van der Waals surface area contributed by atoms with Crippen LogP contribution in [-0.4, -0.2) is 23.3 Å². The highest BCUT2D eigenvalue weighted by atomic mass is 16.3. The fourth-order valence-corrected chi connectivity index (χ4v) is 1.38. The predicted octanol–water partition coefficient (Wildman–Crippen LogP) is 1.17. The molecule has 0 aromatic heterocycles. The molecule has 0 aliphatic heterocycles. The molecule has 0 saturated heterocycles. The smallest absolute Gasteiger partial charge is 0.185 e. The van der Waals surface area contributed by atoms with Crippen LogP contribution in [0.2, 0.25) is 0 Å². The van der Waals surface area contributed by atoms with Gasteiger partial charge >= 0.3 is 0 Å². The summed E-state index contributed by atoms with van der Waals surface area (Å²) in [5.74, 6) is -0.148. The van der Waals surface area contributed by atoms with Crippen molar-refractivity contribution in [2.24, 2.45) is 0 Å². The molecule has 0 bridgehead atoms. The minimum absolute atomic E-state index is 0.0422. The first kappa shape index (κ1) is 10.9. The van der Waals surface area contributed by atoms with Crippen LogP contribution in [0.15, 0.2) is 22.8 Å². The highest BCUT2D eigenvalue weighted by Gasteiger charge is 2.22. The Labute approximate surface area is 83.1 Å². The Morgan fingerprint density at radius 3 is 2.43 bits per heavy atom. The first-order chi connectivity index (χ1) is 6.57. The van der Waals surface area contributed by atoms with E-state index in [-0.39, 0.29) is 18.2 Å². The van der Waals surface area contributed by atoms with Gasteiger partial charge in [-0.25, -0.2) is 0 Å². The van der Waals surface area contributed by atoms with Gasteiger partial charge in [-0.2, -0.15) is 0 Å². The topological polar surface area (TPSA) is 54.4 Å². The maximum absolute atomic E-state index is 11.6. The van der Waals surface area contributed by atoms with E-state index in [9.17, 15) is 9.59 Å². The molecule has 0 aromatic carbocycles. The summed E-state index contributed by atoms with van der Waals surface area (Å²) in [4.78, 5) is 23.0. The van der Waals surface area contributed by atoms with E-state index in [1.165, 1.54) is 6.08 Å². The number of aliphatic hydroxyl groups is 1. The number of aliphatic hydroxyl groups excluding tert-OH is 1. The third-order valence-electron chi connectivity index (χ3n) is 2.47. The molecule has 0 saturated carbocycles. The van der Waals surface area contributed by atoms with Crippen molar-refractivity contribution < 1.29 is 14.7 Å². The molecule has 0 fully saturated rings. The van der Waals surface area contributed by atoms with Crippen LogP contribution in [0.3, 0.4) is 0 Å². The Morgan fingerprint density at radius 1 is 1.21 bits per heavy atom. The fraction of sp³-hybridized carbons (Fsp3) is 0.455. The quantitative estimate of drug-likeness (QED) is 0.686. The largest absolute Gasteiger partial charge is 0.396 e. The SMILES string of the molecule is CC1=C(C)C(=O)C(CCCO)=CC1=O. The Kier molecular flexibility index (Phi) is 3.36. The Hall–Kier alpha value is -1.22. The van der Waals surface area contributed by atoms with E-state index >= 15 is 0 Å². The van der Waals surface area contributed by atoms with E-state index in [1.807, 2.05) is 0 Å². The molecule has 0 atom stereocenters. The minimum Gasteiger partial charge on any atom is -0.396 e. The summed E-state index contributed by atoms with van der Waals surface area (Å²) in [6.45, 7) is 3.37. The molecule has 3 nitrogen and oxygen atoms in total. The zero-order valence-electron chi connectivity index (χ0n) is 8.46. The fourth-order valence-electron chi connectivity index (χ4n) is 1.38. The molecule has 14 heavy (non-hydrogen) atoms. The van der Waals surface area contributed by atoms with Gasteiger partial charge in [0.2, 0.25) is 0 Å². The highest BCUT2D eigenvalue weighted by molar-refractivity contribution is 6.22. The van der Waals surface area contributed by atoms with E-state index in [2.05, 4.69) is 0 Å². The molecular formula is C11H14O3. The van der Waals surface area contributed by atoms with Gasteiger partial charge in [-0.05, 0) is 32.8 Å². The lowest BCUT2D eigenvalue weighted by Gasteiger charge is -2.13. The van der Waals surface area contributed by atoms with Gasteiger partial charge in [0, 0.05) is 23.3 Å². The predicted molar refractivity (Wildman–Crippen MR) is 52.8 cm³/mol. The molecule has 0 heterocycles. The van der Waals surface area contributed by atoms with Crippen LogP contribution in [0.1, 0.15) is 26.7 Å². The lowest BCUT2D eigenvalue weighted by molar-refractivity contribution is -0.116. The summed E-state index contributed by atoms with van der Waals surface area (Å²) in [6.07, 6.45) is 2.39. The van der Waals surface area contributed by atoms with Crippen molar-refractivity contribution in [3.8, 4) is 0 Å². The second kappa shape index (κ2) is 4.33. The van der Waals surface area contributed by atoms with E-state index in [0.717, 1.165) is 0 Å². The number of carbonyl (C=O) groups excluding carboxylic acids is 2. The number of ketones is 2. The normalized spacial score (nSPS) is 17.5. The summed E-state index contributed by atoms with van der Waals surface area (Å²) < 4.78 is 0. The summed E-state index contributed by atoms with van der Waals surface area (Å²) in [6, 6.07) is 0. The standard InChI is InChI=1S/C11H14O3/c1-7-8(2)11(14)9(4-3-5-12)6-10(7)13/h6,12H,3-5H2,1-2H3. The van der Waals surface area contributed by atoms with Gasteiger partial charge < -0.3 is 5.11 Å². The molecule has 3 heteroatoms. The van der Waals surface area contributed by atoms with Gasteiger partial charge in [0.25, 0.3) is 0 Å². The van der Waals surface area contributed by atoms with Crippen molar-refractivity contribution in [3.63, 3.8) is 0 Å². The van der Waals surface area contributed by atoms with Crippen LogP contribution in [0.5, 0.6) is 0 Å². The van der Waals surface area contributed by atoms with Crippen molar-refractivity contribution in [2.75, 3.05) is 6.61 Å².